The van der Waals surface area contributed by atoms with E-state index in [0.29, 0.717) is 12.2 Å². The van der Waals surface area contributed by atoms with Crippen LogP contribution >= 0.6 is 0 Å². The van der Waals surface area contributed by atoms with Gasteiger partial charge in [0.2, 0.25) is 0 Å². The highest BCUT2D eigenvalue weighted by atomic mass is 19.4. The van der Waals surface area contributed by atoms with Crippen LogP contribution < -0.4 is 10.5 Å². The van der Waals surface area contributed by atoms with Crippen LogP contribution in [0.1, 0.15) is 31.4 Å². The molecule has 0 radical (unpaired) electrons. The molecule has 0 saturated heterocycles. The molecular weight excluding hydrogens is 231 g/mol. The molecule has 0 fully saturated rings. The quantitative estimate of drug-likeness (QED) is 0.865. The standard InChI is InChI=1S/C12H16F3NO/c1-2-10(16)9-5-3-4-6-11(9)17-8-7-12(13,14)15/h3-6,10H,2,7-8,16H2,1H3/t10-/m1/s1. The van der Waals surface area contributed by atoms with Crippen molar-refractivity contribution in [3.05, 3.63) is 29.8 Å². The van der Waals surface area contributed by atoms with Crippen LogP contribution in [0.25, 0.3) is 0 Å². The maximum atomic E-state index is 12.0. The molecule has 0 heterocycles. The molecule has 0 unspecified atom stereocenters. The topological polar surface area (TPSA) is 35.2 Å². The Hall–Kier alpha value is -1.23. The van der Waals surface area contributed by atoms with Gasteiger partial charge in [-0.15, -0.1) is 0 Å². The Labute approximate surface area is 98.6 Å². The maximum absolute atomic E-state index is 12.0. The van der Waals surface area contributed by atoms with E-state index in [1.807, 2.05) is 6.92 Å². The Morgan fingerprint density at radius 1 is 1.29 bits per heavy atom. The normalized spacial score (nSPS) is 13.5. The first-order valence-electron chi connectivity index (χ1n) is 5.48. The second kappa shape index (κ2) is 5.91. The summed E-state index contributed by atoms with van der Waals surface area (Å²) >= 11 is 0. The lowest BCUT2D eigenvalue weighted by Crippen LogP contribution is -2.15. The molecule has 1 rings (SSSR count). The summed E-state index contributed by atoms with van der Waals surface area (Å²) in [7, 11) is 0. The Morgan fingerprint density at radius 3 is 2.53 bits per heavy atom. The van der Waals surface area contributed by atoms with E-state index in [-0.39, 0.29) is 12.6 Å². The molecule has 2 N–H and O–H groups in total. The molecule has 1 aromatic rings. The maximum Gasteiger partial charge on any atom is 0.392 e. The van der Waals surface area contributed by atoms with Crippen molar-refractivity contribution >= 4 is 0 Å². The number of para-hydroxylation sites is 1. The Kier molecular flexibility index (Phi) is 4.81. The van der Waals surface area contributed by atoms with E-state index < -0.39 is 12.6 Å². The van der Waals surface area contributed by atoms with E-state index in [9.17, 15) is 13.2 Å². The number of ether oxygens (including phenoxy) is 1. The molecule has 0 bridgehead atoms. The molecule has 17 heavy (non-hydrogen) atoms. The second-order valence-corrected chi connectivity index (χ2v) is 3.77. The predicted octanol–water partition coefficient (Wildman–Crippen LogP) is 3.43. The first-order chi connectivity index (χ1) is 7.94. The van der Waals surface area contributed by atoms with Crippen molar-refractivity contribution in [2.24, 2.45) is 5.73 Å². The highest BCUT2D eigenvalue weighted by molar-refractivity contribution is 5.35. The Morgan fingerprint density at radius 2 is 1.94 bits per heavy atom. The number of benzene rings is 1. The van der Waals surface area contributed by atoms with Gasteiger partial charge in [-0.05, 0) is 12.5 Å². The van der Waals surface area contributed by atoms with Crippen molar-refractivity contribution < 1.29 is 17.9 Å². The molecule has 1 atom stereocenters. The molecule has 0 aromatic heterocycles. The summed E-state index contributed by atoms with van der Waals surface area (Å²) in [5.74, 6) is 0.436. The Bertz CT molecular complexity index is 352. The van der Waals surface area contributed by atoms with Gasteiger partial charge in [-0.2, -0.15) is 13.2 Å². The third kappa shape index (κ3) is 4.65. The summed E-state index contributed by atoms with van der Waals surface area (Å²) in [5, 5.41) is 0. The molecule has 0 amide bonds. The van der Waals surface area contributed by atoms with Crippen LogP contribution in [0.4, 0.5) is 13.2 Å². The molecular formula is C12H16F3NO. The van der Waals surface area contributed by atoms with Crippen LogP contribution in [-0.2, 0) is 0 Å². The van der Waals surface area contributed by atoms with Crippen molar-refractivity contribution in [2.45, 2.75) is 32.0 Å². The van der Waals surface area contributed by atoms with Crippen molar-refractivity contribution in [1.82, 2.24) is 0 Å². The minimum atomic E-state index is -4.19. The Balaban J connectivity index is 2.64. The molecule has 2 nitrogen and oxygen atoms in total. The summed E-state index contributed by atoms with van der Waals surface area (Å²) in [4.78, 5) is 0. The van der Waals surface area contributed by atoms with Gasteiger partial charge in [0.15, 0.2) is 0 Å². The van der Waals surface area contributed by atoms with E-state index in [0.717, 1.165) is 5.56 Å². The zero-order valence-electron chi connectivity index (χ0n) is 9.63. The fourth-order valence-corrected chi connectivity index (χ4v) is 1.41. The fraction of sp³-hybridized carbons (Fsp3) is 0.500. The van der Waals surface area contributed by atoms with Gasteiger partial charge in [0, 0.05) is 11.6 Å². The van der Waals surface area contributed by atoms with Gasteiger partial charge in [0.1, 0.15) is 5.75 Å². The third-order valence-electron chi connectivity index (χ3n) is 2.40. The largest absolute Gasteiger partial charge is 0.493 e. The van der Waals surface area contributed by atoms with Crippen LogP contribution in [0.2, 0.25) is 0 Å². The van der Waals surface area contributed by atoms with Crippen LogP contribution in [0.3, 0.4) is 0 Å². The van der Waals surface area contributed by atoms with Crippen LogP contribution in [0.5, 0.6) is 5.75 Å². The highest BCUT2D eigenvalue weighted by Gasteiger charge is 2.27. The highest BCUT2D eigenvalue weighted by Crippen LogP contribution is 2.26. The smallest absolute Gasteiger partial charge is 0.392 e. The first-order valence-corrected chi connectivity index (χ1v) is 5.48. The second-order valence-electron chi connectivity index (χ2n) is 3.77. The van der Waals surface area contributed by atoms with Gasteiger partial charge in [-0.3, -0.25) is 0 Å². The number of rotatable bonds is 5. The van der Waals surface area contributed by atoms with Gasteiger partial charge in [-0.1, -0.05) is 25.1 Å². The lowest BCUT2D eigenvalue weighted by Gasteiger charge is -2.16. The van der Waals surface area contributed by atoms with E-state index in [1.165, 1.54) is 0 Å². The summed E-state index contributed by atoms with van der Waals surface area (Å²) < 4.78 is 41.1. The van der Waals surface area contributed by atoms with E-state index in [2.05, 4.69) is 0 Å². The van der Waals surface area contributed by atoms with E-state index in [1.54, 1.807) is 24.3 Å². The fourth-order valence-electron chi connectivity index (χ4n) is 1.41. The van der Waals surface area contributed by atoms with Gasteiger partial charge < -0.3 is 10.5 Å². The lowest BCUT2D eigenvalue weighted by molar-refractivity contribution is -0.139. The minimum Gasteiger partial charge on any atom is -0.493 e. The SMILES string of the molecule is CC[C@@H](N)c1ccccc1OCCC(F)(F)F. The number of halogens is 3. The number of hydrogen-bond donors (Lipinski definition) is 1. The zero-order valence-corrected chi connectivity index (χ0v) is 9.63. The molecule has 0 aliphatic carbocycles. The van der Waals surface area contributed by atoms with Crippen LogP contribution in [0, 0.1) is 0 Å². The number of alkyl halides is 3. The minimum absolute atomic E-state index is 0.211. The van der Waals surface area contributed by atoms with Crippen molar-refractivity contribution in [3.8, 4) is 5.75 Å². The first kappa shape index (κ1) is 13.8. The lowest BCUT2D eigenvalue weighted by atomic mass is 10.0. The van der Waals surface area contributed by atoms with E-state index in [4.69, 9.17) is 10.5 Å². The van der Waals surface area contributed by atoms with Crippen LogP contribution in [-0.4, -0.2) is 12.8 Å². The molecule has 0 saturated carbocycles. The summed E-state index contributed by atoms with van der Waals surface area (Å²) in [6.07, 6.45) is -4.44. The molecule has 1 aromatic carbocycles. The van der Waals surface area contributed by atoms with Crippen LogP contribution in [0.15, 0.2) is 24.3 Å². The number of nitrogens with two attached hydrogens (primary N) is 1. The van der Waals surface area contributed by atoms with Gasteiger partial charge in [-0.25, -0.2) is 0 Å². The molecule has 0 spiro atoms. The predicted molar refractivity (Wildman–Crippen MR) is 59.8 cm³/mol. The van der Waals surface area contributed by atoms with Crippen molar-refractivity contribution in [1.29, 1.82) is 0 Å². The monoisotopic (exact) mass is 247 g/mol. The van der Waals surface area contributed by atoms with E-state index >= 15 is 0 Å². The molecule has 96 valence electrons. The molecule has 0 aliphatic heterocycles. The van der Waals surface area contributed by atoms with Crippen molar-refractivity contribution in [2.75, 3.05) is 6.61 Å². The summed E-state index contributed by atoms with van der Waals surface area (Å²) in [5.41, 5.74) is 6.60. The zero-order chi connectivity index (χ0) is 12.9. The third-order valence-corrected chi connectivity index (χ3v) is 2.40. The van der Waals surface area contributed by atoms with Crippen molar-refractivity contribution in [3.63, 3.8) is 0 Å². The average Bonchev–Trinajstić information content (AvgIpc) is 2.27. The summed E-state index contributed by atoms with van der Waals surface area (Å²) in [6.45, 7) is 1.54. The number of hydrogen-bond acceptors (Lipinski definition) is 2. The molecule has 0 aliphatic rings. The van der Waals surface area contributed by atoms with Gasteiger partial charge >= 0.3 is 6.18 Å². The van der Waals surface area contributed by atoms with Gasteiger partial charge in [0.25, 0.3) is 0 Å². The molecule has 5 heteroatoms. The average molecular weight is 247 g/mol. The van der Waals surface area contributed by atoms with Gasteiger partial charge in [0.05, 0.1) is 13.0 Å². The summed E-state index contributed by atoms with van der Waals surface area (Å²) in [6, 6.07) is 6.71.